The van der Waals surface area contributed by atoms with Gasteiger partial charge in [0, 0.05) is 6.61 Å². The van der Waals surface area contributed by atoms with Gasteiger partial charge in [-0.25, -0.2) is 4.79 Å². The first-order valence-corrected chi connectivity index (χ1v) is 11.4. The molecule has 1 aliphatic rings. The van der Waals surface area contributed by atoms with E-state index in [4.69, 9.17) is 9.16 Å². The van der Waals surface area contributed by atoms with E-state index in [2.05, 4.69) is 39.2 Å². The Morgan fingerprint density at radius 2 is 1.92 bits per heavy atom. The van der Waals surface area contributed by atoms with Crippen LogP contribution in [0.1, 0.15) is 32.8 Å². The first-order chi connectivity index (χ1) is 11.2. The van der Waals surface area contributed by atoms with Crippen molar-refractivity contribution >= 4 is 20.5 Å². The van der Waals surface area contributed by atoms with Gasteiger partial charge in [0.25, 0.3) is 0 Å². The van der Waals surface area contributed by atoms with E-state index in [0.29, 0.717) is 6.61 Å². The molecule has 1 aliphatic heterocycles. The minimum atomic E-state index is -1.76. The zero-order chi connectivity index (χ0) is 17.8. The van der Waals surface area contributed by atoms with E-state index in [1.165, 1.54) is 0 Å². The molecule has 0 radical (unpaired) electrons. The molecule has 24 heavy (non-hydrogen) atoms. The summed E-state index contributed by atoms with van der Waals surface area (Å²) < 4.78 is 11.6. The molecule has 0 spiro atoms. The maximum atomic E-state index is 11.6. The summed E-state index contributed by atoms with van der Waals surface area (Å²) in [5.74, 6) is 0. The highest BCUT2D eigenvalue weighted by Crippen LogP contribution is 2.36. The molecule has 1 saturated heterocycles. The molecule has 1 amide bonds. The van der Waals surface area contributed by atoms with Crippen molar-refractivity contribution in [2.45, 2.75) is 57.5 Å². The van der Waals surface area contributed by atoms with Crippen molar-refractivity contribution in [2.24, 2.45) is 0 Å². The fourth-order valence-corrected chi connectivity index (χ4v) is 3.37. The van der Waals surface area contributed by atoms with Gasteiger partial charge in [-0.1, -0.05) is 57.2 Å². The highest BCUT2D eigenvalue weighted by Gasteiger charge is 2.38. The van der Waals surface area contributed by atoms with Crippen molar-refractivity contribution in [1.82, 2.24) is 5.32 Å². The number of carbonyl (C=O) groups excluding carboxylic acids is 1. The SMILES string of the molecule is CC(C)(C)[Si](C)(C)OCC[C@@H]1NC(=O)O[C@@H]1/C=C/c1ccccc1. The van der Waals surface area contributed by atoms with Crippen LogP contribution in [0.3, 0.4) is 0 Å². The van der Waals surface area contributed by atoms with E-state index in [-0.39, 0.29) is 23.3 Å². The van der Waals surface area contributed by atoms with Crippen molar-refractivity contribution in [3.05, 3.63) is 42.0 Å². The molecular formula is C19H29NO3Si. The Balaban J connectivity index is 1.91. The van der Waals surface area contributed by atoms with Crippen LogP contribution in [0, 0.1) is 0 Å². The fourth-order valence-electron chi connectivity index (χ4n) is 2.31. The van der Waals surface area contributed by atoms with Gasteiger partial charge in [0.2, 0.25) is 0 Å². The highest BCUT2D eigenvalue weighted by molar-refractivity contribution is 6.74. The topological polar surface area (TPSA) is 47.6 Å². The number of carbonyl (C=O) groups is 1. The Hall–Kier alpha value is -1.59. The molecule has 0 saturated carbocycles. The van der Waals surface area contributed by atoms with Crippen LogP contribution in [0.2, 0.25) is 18.1 Å². The summed E-state index contributed by atoms with van der Waals surface area (Å²) in [5.41, 5.74) is 1.09. The Morgan fingerprint density at radius 3 is 2.54 bits per heavy atom. The predicted molar refractivity (Wildman–Crippen MR) is 100 cm³/mol. The molecule has 0 aliphatic carbocycles. The number of benzene rings is 1. The van der Waals surface area contributed by atoms with Crippen molar-refractivity contribution < 1.29 is 14.0 Å². The zero-order valence-corrected chi connectivity index (χ0v) is 16.3. The van der Waals surface area contributed by atoms with E-state index in [0.717, 1.165) is 12.0 Å². The summed E-state index contributed by atoms with van der Waals surface area (Å²) >= 11 is 0. The van der Waals surface area contributed by atoms with E-state index < -0.39 is 8.32 Å². The predicted octanol–water partition coefficient (Wildman–Crippen LogP) is 4.59. The lowest BCUT2D eigenvalue weighted by Gasteiger charge is -2.36. The van der Waals surface area contributed by atoms with E-state index in [1.807, 2.05) is 42.5 Å². The maximum Gasteiger partial charge on any atom is 0.408 e. The van der Waals surface area contributed by atoms with Crippen LogP contribution < -0.4 is 5.32 Å². The molecule has 4 nitrogen and oxygen atoms in total. The summed E-state index contributed by atoms with van der Waals surface area (Å²) in [6, 6.07) is 9.97. The van der Waals surface area contributed by atoms with Crippen molar-refractivity contribution in [2.75, 3.05) is 6.61 Å². The molecule has 1 heterocycles. The number of amides is 1. The lowest BCUT2D eigenvalue weighted by atomic mass is 10.1. The second kappa shape index (κ2) is 7.53. The Morgan fingerprint density at radius 1 is 1.25 bits per heavy atom. The van der Waals surface area contributed by atoms with Gasteiger partial charge in [0.1, 0.15) is 6.10 Å². The summed E-state index contributed by atoms with van der Waals surface area (Å²) in [6.45, 7) is 11.8. The lowest BCUT2D eigenvalue weighted by Crippen LogP contribution is -2.42. The summed E-state index contributed by atoms with van der Waals surface area (Å²) in [5, 5.41) is 3.08. The Bertz CT molecular complexity index is 578. The molecule has 132 valence electrons. The molecule has 0 unspecified atom stereocenters. The third-order valence-corrected chi connectivity index (χ3v) is 9.46. The zero-order valence-electron chi connectivity index (χ0n) is 15.3. The Kier molecular flexibility index (Phi) is 5.88. The van der Waals surface area contributed by atoms with Gasteiger partial charge < -0.3 is 14.5 Å². The van der Waals surface area contributed by atoms with Crippen molar-refractivity contribution in [3.8, 4) is 0 Å². The molecule has 1 aromatic rings. The minimum absolute atomic E-state index is 0.0396. The van der Waals surface area contributed by atoms with Crippen LogP contribution in [0.25, 0.3) is 6.08 Å². The number of nitrogens with one attached hydrogen (secondary N) is 1. The quantitative estimate of drug-likeness (QED) is 0.766. The number of cyclic esters (lactones) is 1. The van der Waals surface area contributed by atoms with Gasteiger partial charge in [-0.3, -0.25) is 0 Å². The maximum absolute atomic E-state index is 11.6. The molecule has 5 heteroatoms. The number of hydrogen-bond donors (Lipinski definition) is 1. The highest BCUT2D eigenvalue weighted by atomic mass is 28.4. The van der Waals surface area contributed by atoms with Crippen LogP contribution >= 0.6 is 0 Å². The van der Waals surface area contributed by atoms with Crippen molar-refractivity contribution in [3.63, 3.8) is 0 Å². The molecule has 0 aromatic heterocycles. The van der Waals surface area contributed by atoms with Gasteiger partial charge in [0.05, 0.1) is 6.04 Å². The molecular weight excluding hydrogens is 318 g/mol. The summed E-state index contributed by atoms with van der Waals surface area (Å²) in [6.07, 6.45) is 4.09. The van der Waals surface area contributed by atoms with Crippen LogP contribution in [-0.4, -0.2) is 33.2 Å². The summed E-state index contributed by atoms with van der Waals surface area (Å²) in [7, 11) is -1.76. The molecule has 1 N–H and O–H groups in total. The molecule has 1 fully saturated rings. The molecule has 0 bridgehead atoms. The second-order valence-corrected chi connectivity index (χ2v) is 12.6. The van der Waals surface area contributed by atoms with Crippen LogP contribution in [0.5, 0.6) is 0 Å². The van der Waals surface area contributed by atoms with Gasteiger partial charge in [-0.2, -0.15) is 0 Å². The third-order valence-electron chi connectivity index (χ3n) is 4.92. The number of rotatable bonds is 6. The standard InChI is InChI=1S/C19H29NO3Si/c1-19(2,3)24(4,5)22-14-13-16-17(23-18(21)20-16)12-11-15-9-7-6-8-10-15/h6-12,16-17H,13-14H2,1-5H3,(H,20,21)/b12-11+/t16-,17+/m0/s1. The molecule has 2 atom stereocenters. The molecule has 2 rings (SSSR count). The second-order valence-electron chi connectivity index (χ2n) is 7.79. The third kappa shape index (κ3) is 4.95. The van der Waals surface area contributed by atoms with Crippen LogP contribution in [-0.2, 0) is 9.16 Å². The number of ether oxygens (including phenoxy) is 1. The van der Waals surface area contributed by atoms with Crippen LogP contribution in [0.15, 0.2) is 36.4 Å². The number of hydrogen-bond acceptors (Lipinski definition) is 3. The fraction of sp³-hybridized carbons (Fsp3) is 0.526. The normalized spacial score (nSPS) is 21.8. The minimum Gasteiger partial charge on any atom is -0.440 e. The smallest absolute Gasteiger partial charge is 0.408 e. The number of alkyl carbamates (subject to hydrolysis) is 1. The van der Waals surface area contributed by atoms with E-state index in [9.17, 15) is 4.79 Å². The molecule has 1 aromatic carbocycles. The summed E-state index contributed by atoms with van der Waals surface area (Å²) in [4.78, 5) is 11.6. The average Bonchev–Trinajstić information content (AvgIpc) is 2.85. The van der Waals surface area contributed by atoms with Crippen molar-refractivity contribution in [1.29, 1.82) is 0 Å². The monoisotopic (exact) mass is 347 g/mol. The Labute approximate surface area is 146 Å². The van der Waals surface area contributed by atoms with Gasteiger partial charge >= 0.3 is 6.09 Å². The largest absolute Gasteiger partial charge is 0.440 e. The van der Waals surface area contributed by atoms with Gasteiger partial charge in [0.15, 0.2) is 8.32 Å². The van der Waals surface area contributed by atoms with Crippen LogP contribution in [0.4, 0.5) is 4.79 Å². The average molecular weight is 348 g/mol. The lowest BCUT2D eigenvalue weighted by molar-refractivity contribution is 0.150. The van der Waals surface area contributed by atoms with E-state index >= 15 is 0 Å². The van der Waals surface area contributed by atoms with E-state index in [1.54, 1.807) is 0 Å². The first kappa shape index (κ1) is 18.7. The first-order valence-electron chi connectivity index (χ1n) is 8.53. The van der Waals surface area contributed by atoms with Gasteiger partial charge in [-0.05, 0) is 36.2 Å². The van der Waals surface area contributed by atoms with Gasteiger partial charge in [-0.15, -0.1) is 0 Å².